The molecule has 0 saturated carbocycles. The third-order valence-corrected chi connectivity index (χ3v) is 3.00. The van der Waals surface area contributed by atoms with Crippen LogP contribution < -0.4 is 22.3 Å². The van der Waals surface area contributed by atoms with Crippen molar-refractivity contribution in [1.29, 1.82) is 0 Å². The van der Waals surface area contributed by atoms with E-state index in [1.165, 1.54) is 6.20 Å². The molecule has 0 atom stereocenters. The number of aromatic nitrogens is 1. The number of amidine groups is 1. The first-order chi connectivity index (χ1) is 11.6. The summed E-state index contributed by atoms with van der Waals surface area (Å²) < 4.78 is 0. The van der Waals surface area contributed by atoms with Gasteiger partial charge in [-0.2, -0.15) is 9.98 Å². The summed E-state index contributed by atoms with van der Waals surface area (Å²) in [6, 6.07) is 12.4. The Hall–Kier alpha value is -3.26. The summed E-state index contributed by atoms with van der Waals surface area (Å²) in [4.78, 5) is 24.4. The minimum Gasteiger partial charge on any atom is -0.387 e. The molecule has 0 saturated heterocycles. The summed E-state index contributed by atoms with van der Waals surface area (Å²) in [7, 11) is 0. The highest BCUT2D eigenvalue weighted by atomic mass is 16.1. The first-order valence-electron chi connectivity index (χ1n) is 7.33. The van der Waals surface area contributed by atoms with Gasteiger partial charge in [-0.1, -0.05) is 25.1 Å². The number of para-hydroxylation sites is 1. The van der Waals surface area contributed by atoms with E-state index in [0.29, 0.717) is 29.3 Å². The van der Waals surface area contributed by atoms with E-state index in [1.807, 2.05) is 25.1 Å². The molecule has 0 radical (unpaired) electrons. The maximum atomic E-state index is 12.1. The molecular weight excluding hydrogens is 306 g/mol. The van der Waals surface area contributed by atoms with Gasteiger partial charge in [0.25, 0.3) is 5.91 Å². The number of hydrogen-bond acceptors (Lipinski definition) is 4. The molecule has 0 aliphatic rings. The number of nitrogens with one attached hydrogen (secondary N) is 2. The predicted molar refractivity (Wildman–Crippen MR) is 95.0 cm³/mol. The molecule has 1 amide bonds. The van der Waals surface area contributed by atoms with Crippen LogP contribution in [0.2, 0.25) is 0 Å². The van der Waals surface area contributed by atoms with Crippen LogP contribution in [0, 0.1) is 0 Å². The maximum Gasteiger partial charge on any atom is 0.257 e. The van der Waals surface area contributed by atoms with Crippen molar-refractivity contribution < 1.29 is 4.79 Å². The lowest BCUT2D eigenvalue weighted by Crippen LogP contribution is -2.30. The van der Waals surface area contributed by atoms with Gasteiger partial charge in [-0.05, 0) is 24.3 Å². The highest BCUT2D eigenvalue weighted by Crippen LogP contribution is 2.12. The Morgan fingerprint density at radius 1 is 1.21 bits per heavy atom. The van der Waals surface area contributed by atoms with Crippen molar-refractivity contribution in [1.82, 2.24) is 10.4 Å². The topological polar surface area (TPSA) is 131 Å². The third-order valence-electron chi connectivity index (χ3n) is 3.00. The quantitative estimate of drug-likeness (QED) is 0.293. The van der Waals surface area contributed by atoms with Crippen LogP contribution in [0.4, 0.5) is 11.5 Å². The highest BCUT2D eigenvalue weighted by molar-refractivity contribution is 6.04. The fourth-order valence-corrected chi connectivity index (χ4v) is 1.72. The van der Waals surface area contributed by atoms with Crippen LogP contribution in [0.15, 0.2) is 58.6 Å². The van der Waals surface area contributed by atoms with Crippen LogP contribution >= 0.6 is 0 Å². The number of pyridine rings is 1. The van der Waals surface area contributed by atoms with Crippen molar-refractivity contribution in [2.45, 2.75) is 13.3 Å². The van der Waals surface area contributed by atoms with Crippen LogP contribution in [0.5, 0.6) is 0 Å². The smallest absolute Gasteiger partial charge is 0.257 e. The Kier molecular flexibility index (Phi) is 5.98. The Morgan fingerprint density at radius 2 is 1.96 bits per heavy atom. The Morgan fingerprint density at radius 3 is 2.54 bits per heavy atom. The molecule has 2 rings (SSSR count). The van der Waals surface area contributed by atoms with Crippen molar-refractivity contribution in [3.05, 3.63) is 54.2 Å². The van der Waals surface area contributed by atoms with Crippen molar-refractivity contribution in [3.63, 3.8) is 0 Å². The van der Waals surface area contributed by atoms with E-state index < -0.39 is 0 Å². The molecule has 2 aromatic rings. The minimum absolute atomic E-state index is 0.142. The van der Waals surface area contributed by atoms with Gasteiger partial charge in [-0.15, -0.1) is 0 Å². The standard InChI is InChI=1S/C16H19N7O/c1-2-13(17)21-16(23-18)22-14-9-8-11(10-19-14)15(24)20-12-6-4-3-5-7-12/h3-10H,2,18H2,1H3,(H,20,24)(H3,17,19,21,22,23). The molecule has 0 fully saturated rings. The van der Waals surface area contributed by atoms with Gasteiger partial charge >= 0.3 is 0 Å². The number of hydrogen-bond donors (Lipinski definition) is 4. The number of carbonyl (C=O) groups is 1. The molecule has 1 aromatic heterocycles. The van der Waals surface area contributed by atoms with E-state index in [0.717, 1.165) is 0 Å². The molecule has 8 heteroatoms. The summed E-state index contributed by atoms with van der Waals surface area (Å²) in [6.07, 6.45) is 2.00. The van der Waals surface area contributed by atoms with Gasteiger partial charge in [0.05, 0.1) is 5.56 Å². The number of guanidine groups is 1. The van der Waals surface area contributed by atoms with Crippen molar-refractivity contribution in [3.8, 4) is 0 Å². The Balaban J connectivity index is 2.11. The van der Waals surface area contributed by atoms with Gasteiger partial charge in [0.1, 0.15) is 5.84 Å². The average molecular weight is 325 g/mol. The molecule has 8 nitrogen and oxygen atoms in total. The molecule has 1 aromatic carbocycles. The van der Waals surface area contributed by atoms with E-state index in [4.69, 9.17) is 11.6 Å². The maximum absolute atomic E-state index is 12.1. The summed E-state index contributed by atoms with van der Waals surface area (Å²) in [5.41, 5.74) is 9.11. The fraction of sp³-hybridized carbons (Fsp3) is 0.125. The monoisotopic (exact) mass is 325 g/mol. The lowest BCUT2D eigenvalue weighted by Gasteiger charge is -2.05. The van der Waals surface area contributed by atoms with E-state index in [1.54, 1.807) is 24.3 Å². The number of nitrogens with two attached hydrogens (primary N) is 2. The van der Waals surface area contributed by atoms with Crippen molar-refractivity contribution in [2.24, 2.45) is 21.6 Å². The van der Waals surface area contributed by atoms with Gasteiger partial charge in [0.15, 0.2) is 5.82 Å². The molecular formula is C16H19N7O. The Labute approximate surface area is 139 Å². The normalized spacial score (nSPS) is 11.9. The Bertz CT molecular complexity index is 739. The van der Waals surface area contributed by atoms with Crippen LogP contribution in [0.3, 0.4) is 0 Å². The third kappa shape index (κ3) is 4.89. The minimum atomic E-state index is -0.255. The van der Waals surface area contributed by atoms with E-state index in [9.17, 15) is 4.79 Å². The molecule has 1 heterocycles. The number of nitrogens with zero attached hydrogens (tertiary/aromatic N) is 3. The number of anilines is 1. The first kappa shape index (κ1) is 17.1. The average Bonchev–Trinajstić information content (AvgIpc) is 2.62. The molecule has 124 valence electrons. The van der Waals surface area contributed by atoms with Crippen LogP contribution in [0.1, 0.15) is 23.7 Å². The van der Waals surface area contributed by atoms with Gasteiger partial charge in [-0.3, -0.25) is 10.2 Å². The van der Waals surface area contributed by atoms with Crippen molar-refractivity contribution in [2.75, 3.05) is 5.32 Å². The van der Waals surface area contributed by atoms with Gasteiger partial charge < -0.3 is 11.1 Å². The van der Waals surface area contributed by atoms with E-state index in [-0.39, 0.29) is 11.9 Å². The molecule has 0 unspecified atom stereocenters. The number of hydrazine groups is 1. The second-order valence-electron chi connectivity index (χ2n) is 4.76. The summed E-state index contributed by atoms with van der Waals surface area (Å²) in [6.45, 7) is 1.87. The first-order valence-corrected chi connectivity index (χ1v) is 7.33. The highest BCUT2D eigenvalue weighted by Gasteiger charge is 2.07. The summed E-state index contributed by atoms with van der Waals surface area (Å²) >= 11 is 0. The number of amides is 1. The lowest BCUT2D eigenvalue weighted by atomic mass is 10.2. The molecule has 24 heavy (non-hydrogen) atoms. The summed E-state index contributed by atoms with van der Waals surface area (Å²) in [5.74, 6) is 5.99. The van der Waals surface area contributed by atoms with Crippen LogP contribution in [-0.2, 0) is 0 Å². The van der Waals surface area contributed by atoms with Gasteiger partial charge in [0, 0.05) is 18.3 Å². The summed E-state index contributed by atoms with van der Waals surface area (Å²) in [5, 5.41) is 2.78. The largest absolute Gasteiger partial charge is 0.387 e. The van der Waals surface area contributed by atoms with Gasteiger partial charge in [0.2, 0.25) is 5.96 Å². The zero-order valence-electron chi connectivity index (χ0n) is 13.2. The molecule has 0 aliphatic heterocycles. The molecule has 0 aliphatic carbocycles. The number of rotatable bonds is 4. The zero-order valence-corrected chi connectivity index (χ0v) is 13.2. The SMILES string of the molecule is CCC(N)=NC(=Nc1ccc(C(=O)Nc2ccccc2)cn1)NN. The molecule has 6 N–H and O–H groups in total. The molecule has 0 bridgehead atoms. The van der Waals surface area contributed by atoms with Gasteiger partial charge in [-0.25, -0.2) is 10.8 Å². The zero-order chi connectivity index (χ0) is 17.4. The second kappa shape index (κ2) is 8.39. The number of carbonyl (C=O) groups excluding carboxylic acids is 1. The van der Waals surface area contributed by atoms with E-state index in [2.05, 4.69) is 25.7 Å². The van der Waals surface area contributed by atoms with Crippen molar-refractivity contribution >= 4 is 29.2 Å². The molecule has 0 spiro atoms. The predicted octanol–water partition coefficient (Wildman–Crippen LogP) is 1.55. The fourth-order valence-electron chi connectivity index (χ4n) is 1.72. The van der Waals surface area contributed by atoms with E-state index >= 15 is 0 Å². The van der Waals surface area contributed by atoms with Crippen LogP contribution in [-0.4, -0.2) is 22.7 Å². The van der Waals surface area contributed by atoms with Crippen LogP contribution in [0.25, 0.3) is 0 Å². The lowest BCUT2D eigenvalue weighted by molar-refractivity contribution is 0.102. The number of benzene rings is 1. The second-order valence-corrected chi connectivity index (χ2v) is 4.76. The number of aliphatic imine (C=N–C) groups is 2.